The number of nitrogens with zero attached hydrogens (tertiary/aromatic N) is 2. The number of anilines is 1. The molecule has 2 rings (SSSR count). The predicted molar refractivity (Wildman–Crippen MR) is 80.3 cm³/mol. The number of hydrogen-bond acceptors (Lipinski definition) is 3. The Morgan fingerprint density at radius 3 is 2.55 bits per heavy atom. The molecule has 20 heavy (non-hydrogen) atoms. The van der Waals surface area contributed by atoms with Crippen molar-refractivity contribution < 1.29 is 4.79 Å². The van der Waals surface area contributed by atoms with E-state index in [1.54, 1.807) is 4.68 Å². The molecule has 0 aromatic carbocycles. The molecular formula is C15H26N4O. The molecule has 1 amide bonds. The fourth-order valence-electron chi connectivity index (χ4n) is 3.12. The van der Waals surface area contributed by atoms with Crippen molar-refractivity contribution in [3.8, 4) is 0 Å². The summed E-state index contributed by atoms with van der Waals surface area (Å²) in [7, 11) is 0. The van der Waals surface area contributed by atoms with Crippen molar-refractivity contribution >= 4 is 11.6 Å². The molecule has 1 aromatic heterocycles. The van der Waals surface area contributed by atoms with Crippen LogP contribution in [0, 0.1) is 19.3 Å². The quantitative estimate of drug-likeness (QED) is 0.867. The number of aromatic nitrogens is 2. The highest BCUT2D eigenvalue weighted by molar-refractivity contribution is 5.76. The summed E-state index contributed by atoms with van der Waals surface area (Å²) < 4.78 is 1.69. The van der Waals surface area contributed by atoms with Crippen molar-refractivity contribution in [1.29, 1.82) is 0 Å². The Hall–Kier alpha value is -1.52. The second-order valence-corrected chi connectivity index (χ2v) is 6.08. The molecule has 0 unspecified atom stereocenters. The third-order valence-electron chi connectivity index (χ3n) is 4.81. The second kappa shape index (κ2) is 5.85. The lowest BCUT2D eigenvalue weighted by molar-refractivity contribution is -0.122. The maximum Gasteiger partial charge on any atom is 0.241 e. The van der Waals surface area contributed by atoms with Crippen LogP contribution in [0.3, 0.4) is 0 Å². The lowest BCUT2D eigenvalue weighted by atomic mass is 9.83. The normalized spacial score (nSPS) is 17.4. The van der Waals surface area contributed by atoms with Crippen molar-refractivity contribution in [2.75, 3.05) is 12.3 Å². The average Bonchev–Trinajstić information content (AvgIpc) is 3.00. The molecular weight excluding hydrogens is 252 g/mol. The minimum Gasteiger partial charge on any atom is -0.396 e. The fraction of sp³-hybridized carbons (Fsp3) is 0.733. The van der Waals surface area contributed by atoms with E-state index < -0.39 is 0 Å². The number of hydrogen-bond donors (Lipinski definition) is 2. The van der Waals surface area contributed by atoms with Gasteiger partial charge in [0.15, 0.2) is 0 Å². The third kappa shape index (κ3) is 2.97. The van der Waals surface area contributed by atoms with Crippen LogP contribution in [0.2, 0.25) is 0 Å². The van der Waals surface area contributed by atoms with Gasteiger partial charge in [-0.3, -0.25) is 9.48 Å². The summed E-state index contributed by atoms with van der Waals surface area (Å²) in [5.41, 5.74) is 8.53. The van der Waals surface area contributed by atoms with Crippen molar-refractivity contribution in [2.45, 2.75) is 59.4 Å². The standard InChI is InChI=1S/C15H26N4O/c1-4-15(7-5-6-8-15)10-17-13(20)9-19-12(3)14(16)11(2)18-19/h4-10,16H2,1-3H3,(H,17,20). The first-order valence-electron chi connectivity index (χ1n) is 7.53. The molecule has 0 saturated heterocycles. The predicted octanol–water partition coefficient (Wildman–Crippen LogP) is 2.17. The molecule has 0 aliphatic heterocycles. The Morgan fingerprint density at radius 1 is 1.40 bits per heavy atom. The second-order valence-electron chi connectivity index (χ2n) is 6.08. The largest absolute Gasteiger partial charge is 0.396 e. The van der Waals surface area contributed by atoms with Gasteiger partial charge in [-0.25, -0.2) is 0 Å². The molecule has 1 aliphatic carbocycles. The highest BCUT2D eigenvalue weighted by Gasteiger charge is 2.32. The zero-order valence-corrected chi connectivity index (χ0v) is 12.8. The Labute approximate surface area is 120 Å². The van der Waals surface area contributed by atoms with Gasteiger partial charge in [-0.1, -0.05) is 19.8 Å². The average molecular weight is 278 g/mol. The summed E-state index contributed by atoms with van der Waals surface area (Å²) in [6.45, 7) is 7.02. The van der Waals surface area contributed by atoms with Gasteiger partial charge < -0.3 is 11.1 Å². The molecule has 1 aromatic rings. The lowest BCUT2D eigenvalue weighted by Crippen LogP contribution is -2.37. The van der Waals surface area contributed by atoms with Gasteiger partial charge in [0.1, 0.15) is 6.54 Å². The molecule has 3 N–H and O–H groups in total. The van der Waals surface area contributed by atoms with E-state index in [0.717, 1.165) is 24.4 Å². The van der Waals surface area contributed by atoms with E-state index in [0.29, 0.717) is 11.1 Å². The van der Waals surface area contributed by atoms with Gasteiger partial charge >= 0.3 is 0 Å². The van der Waals surface area contributed by atoms with Crippen LogP contribution >= 0.6 is 0 Å². The number of nitrogens with two attached hydrogens (primary N) is 1. The molecule has 1 heterocycles. The number of nitrogen functional groups attached to an aromatic ring is 1. The number of carbonyl (C=O) groups excluding carboxylic acids is 1. The summed E-state index contributed by atoms with van der Waals surface area (Å²) in [6.07, 6.45) is 6.18. The van der Waals surface area contributed by atoms with Gasteiger partial charge in [-0.05, 0) is 38.5 Å². The molecule has 0 bridgehead atoms. The van der Waals surface area contributed by atoms with Crippen LogP contribution in [0.15, 0.2) is 0 Å². The van der Waals surface area contributed by atoms with Crippen LogP contribution in [-0.2, 0) is 11.3 Å². The third-order valence-corrected chi connectivity index (χ3v) is 4.81. The molecule has 5 heteroatoms. The number of carbonyl (C=O) groups is 1. The van der Waals surface area contributed by atoms with Gasteiger partial charge in [-0.2, -0.15) is 5.10 Å². The number of aryl methyl sites for hydroxylation is 1. The number of amides is 1. The Morgan fingerprint density at radius 2 is 2.05 bits per heavy atom. The van der Waals surface area contributed by atoms with Crippen LogP contribution in [0.4, 0.5) is 5.69 Å². The molecule has 1 fully saturated rings. The van der Waals surface area contributed by atoms with Crippen molar-refractivity contribution in [1.82, 2.24) is 15.1 Å². The monoisotopic (exact) mass is 278 g/mol. The molecule has 1 aliphatic rings. The van der Waals surface area contributed by atoms with Gasteiger partial charge in [0.05, 0.1) is 17.1 Å². The summed E-state index contributed by atoms with van der Waals surface area (Å²) in [6, 6.07) is 0. The van der Waals surface area contributed by atoms with E-state index in [4.69, 9.17) is 5.73 Å². The van der Waals surface area contributed by atoms with E-state index in [1.165, 1.54) is 25.7 Å². The highest BCUT2D eigenvalue weighted by atomic mass is 16.2. The first-order chi connectivity index (χ1) is 9.47. The van der Waals surface area contributed by atoms with E-state index >= 15 is 0 Å². The summed E-state index contributed by atoms with van der Waals surface area (Å²) in [4.78, 5) is 12.1. The van der Waals surface area contributed by atoms with E-state index in [-0.39, 0.29) is 12.5 Å². The van der Waals surface area contributed by atoms with Gasteiger partial charge in [0, 0.05) is 6.54 Å². The lowest BCUT2D eigenvalue weighted by Gasteiger charge is -2.27. The molecule has 5 nitrogen and oxygen atoms in total. The number of nitrogens with one attached hydrogen (secondary N) is 1. The van der Waals surface area contributed by atoms with Gasteiger partial charge in [0.2, 0.25) is 5.91 Å². The van der Waals surface area contributed by atoms with Crippen LogP contribution in [0.25, 0.3) is 0 Å². The summed E-state index contributed by atoms with van der Waals surface area (Å²) in [5, 5.41) is 7.38. The minimum absolute atomic E-state index is 0.0234. The van der Waals surface area contributed by atoms with E-state index in [1.807, 2.05) is 13.8 Å². The molecule has 0 atom stereocenters. The highest BCUT2D eigenvalue weighted by Crippen LogP contribution is 2.40. The van der Waals surface area contributed by atoms with E-state index in [2.05, 4.69) is 17.3 Å². The zero-order valence-electron chi connectivity index (χ0n) is 12.8. The minimum atomic E-state index is 0.0234. The number of rotatable bonds is 5. The first-order valence-corrected chi connectivity index (χ1v) is 7.53. The Balaban J connectivity index is 1.91. The maximum atomic E-state index is 12.1. The topological polar surface area (TPSA) is 72.9 Å². The zero-order chi connectivity index (χ0) is 14.8. The maximum absolute atomic E-state index is 12.1. The van der Waals surface area contributed by atoms with Crippen LogP contribution in [0.1, 0.15) is 50.4 Å². The molecule has 0 spiro atoms. The van der Waals surface area contributed by atoms with Crippen molar-refractivity contribution in [2.24, 2.45) is 5.41 Å². The first kappa shape index (κ1) is 14.9. The molecule has 0 radical (unpaired) electrons. The van der Waals surface area contributed by atoms with E-state index in [9.17, 15) is 4.79 Å². The van der Waals surface area contributed by atoms with Crippen molar-refractivity contribution in [3.05, 3.63) is 11.4 Å². The fourth-order valence-corrected chi connectivity index (χ4v) is 3.12. The van der Waals surface area contributed by atoms with Crippen LogP contribution in [0.5, 0.6) is 0 Å². The SMILES string of the molecule is CCC1(CNC(=O)Cn2nc(C)c(N)c2C)CCCC1. The molecule has 112 valence electrons. The summed E-state index contributed by atoms with van der Waals surface area (Å²) in [5.74, 6) is 0.0234. The van der Waals surface area contributed by atoms with Gasteiger partial charge in [0.25, 0.3) is 0 Å². The Bertz CT molecular complexity index is 486. The van der Waals surface area contributed by atoms with Crippen molar-refractivity contribution in [3.63, 3.8) is 0 Å². The smallest absolute Gasteiger partial charge is 0.241 e. The molecule has 1 saturated carbocycles. The van der Waals surface area contributed by atoms with Gasteiger partial charge in [-0.15, -0.1) is 0 Å². The summed E-state index contributed by atoms with van der Waals surface area (Å²) >= 11 is 0. The van der Waals surface area contributed by atoms with Crippen LogP contribution in [-0.4, -0.2) is 22.2 Å². The van der Waals surface area contributed by atoms with Crippen LogP contribution < -0.4 is 11.1 Å². The Kier molecular flexibility index (Phi) is 4.35.